The van der Waals surface area contributed by atoms with E-state index in [1.165, 1.54) is 18.2 Å². The van der Waals surface area contributed by atoms with Crippen molar-refractivity contribution in [3.05, 3.63) is 59.6 Å². The molecule has 0 aliphatic rings. The van der Waals surface area contributed by atoms with Crippen LogP contribution in [0.5, 0.6) is 0 Å². The Balaban J connectivity index is 2.12. The highest BCUT2D eigenvalue weighted by Gasteiger charge is 2.19. The predicted octanol–water partition coefficient (Wildman–Crippen LogP) is 2.08. The average molecular weight is 389 g/mol. The molecule has 24 heavy (non-hydrogen) atoms. The molecular formula is C15H17ClN2O4S2. The van der Waals surface area contributed by atoms with Crippen LogP contribution in [0.2, 0.25) is 5.02 Å². The monoisotopic (exact) mass is 388 g/mol. The van der Waals surface area contributed by atoms with Crippen molar-refractivity contribution in [2.45, 2.75) is 4.90 Å². The molecule has 0 unspecified atom stereocenters. The maximum Gasteiger partial charge on any atom is 0.240 e. The normalized spacial score (nSPS) is 12.1. The zero-order chi connectivity index (χ0) is 17.8. The van der Waals surface area contributed by atoms with Gasteiger partial charge >= 0.3 is 0 Å². The molecule has 1 N–H and O–H groups in total. The third-order valence-corrected chi connectivity index (χ3v) is 6.06. The zero-order valence-corrected chi connectivity index (χ0v) is 15.3. The van der Waals surface area contributed by atoms with Crippen molar-refractivity contribution in [1.29, 1.82) is 0 Å². The SMILES string of the molecule is CS(=O)(=O)N(CCNS(=O)(=O)c1ccccc1)c1cccc(Cl)c1. The lowest BCUT2D eigenvalue weighted by Crippen LogP contribution is -2.38. The third-order valence-electron chi connectivity index (χ3n) is 3.16. The van der Waals surface area contributed by atoms with E-state index in [1.54, 1.807) is 36.4 Å². The molecule has 0 aromatic heterocycles. The van der Waals surface area contributed by atoms with Gasteiger partial charge in [0.25, 0.3) is 0 Å². The van der Waals surface area contributed by atoms with Gasteiger partial charge in [0.2, 0.25) is 20.0 Å². The van der Waals surface area contributed by atoms with E-state index in [0.717, 1.165) is 10.6 Å². The van der Waals surface area contributed by atoms with Crippen LogP contribution < -0.4 is 9.03 Å². The molecule has 0 aliphatic carbocycles. The van der Waals surface area contributed by atoms with Gasteiger partial charge < -0.3 is 0 Å². The minimum Gasteiger partial charge on any atom is -0.269 e. The number of anilines is 1. The van der Waals surface area contributed by atoms with E-state index >= 15 is 0 Å². The average Bonchev–Trinajstić information content (AvgIpc) is 2.51. The number of sulfonamides is 2. The van der Waals surface area contributed by atoms with Crippen LogP contribution in [0.25, 0.3) is 0 Å². The number of hydrogen-bond donors (Lipinski definition) is 1. The van der Waals surface area contributed by atoms with Crippen molar-refractivity contribution in [1.82, 2.24) is 4.72 Å². The molecule has 2 rings (SSSR count). The summed E-state index contributed by atoms with van der Waals surface area (Å²) in [5, 5.41) is 0.394. The first-order valence-electron chi connectivity index (χ1n) is 6.98. The van der Waals surface area contributed by atoms with E-state index < -0.39 is 20.0 Å². The van der Waals surface area contributed by atoms with Crippen molar-refractivity contribution >= 4 is 37.3 Å². The first-order chi connectivity index (χ1) is 11.2. The molecule has 0 amide bonds. The summed E-state index contributed by atoms with van der Waals surface area (Å²) in [6.45, 7) is -0.123. The van der Waals surface area contributed by atoms with Crippen LogP contribution in [0.4, 0.5) is 5.69 Å². The van der Waals surface area contributed by atoms with Gasteiger partial charge in [-0.1, -0.05) is 35.9 Å². The molecule has 6 nitrogen and oxygen atoms in total. The summed E-state index contributed by atoms with van der Waals surface area (Å²) in [5.74, 6) is 0. The van der Waals surface area contributed by atoms with E-state index in [9.17, 15) is 16.8 Å². The van der Waals surface area contributed by atoms with E-state index in [0.29, 0.717) is 10.7 Å². The second-order valence-corrected chi connectivity index (χ2v) is 9.14. The molecule has 0 spiro atoms. The smallest absolute Gasteiger partial charge is 0.240 e. The van der Waals surface area contributed by atoms with Crippen molar-refractivity contribution in [2.24, 2.45) is 0 Å². The minimum atomic E-state index is -3.69. The fraction of sp³-hybridized carbons (Fsp3) is 0.200. The van der Waals surface area contributed by atoms with Gasteiger partial charge in [0.15, 0.2) is 0 Å². The molecular weight excluding hydrogens is 372 g/mol. The largest absolute Gasteiger partial charge is 0.269 e. The van der Waals surface area contributed by atoms with Gasteiger partial charge in [-0.05, 0) is 30.3 Å². The fourth-order valence-electron chi connectivity index (χ4n) is 2.08. The summed E-state index contributed by atoms with van der Waals surface area (Å²) < 4.78 is 51.8. The molecule has 0 fully saturated rings. The fourth-order valence-corrected chi connectivity index (χ4v) is 4.23. The lowest BCUT2D eigenvalue weighted by molar-refractivity contribution is 0.578. The second kappa shape index (κ2) is 7.52. The number of hydrogen-bond acceptors (Lipinski definition) is 4. The molecule has 0 atom stereocenters. The molecule has 0 saturated carbocycles. The van der Waals surface area contributed by atoms with Crippen molar-refractivity contribution < 1.29 is 16.8 Å². The molecule has 9 heteroatoms. The molecule has 2 aromatic rings. The van der Waals surface area contributed by atoms with Crippen LogP contribution in [0.1, 0.15) is 0 Å². The highest BCUT2D eigenvalue weighted by molar-refractivity contribution is 7.92. The van der Waals surface area contributed by atoms with Gasteiger partial charge in [-0.15, -0.1) is 0 Å². The number of halogens is 1. The Kier molecular flexibility index (Phi) is 5.87. The number of benzene rings is 2. The maximum atomic E-state index is 12.2. The summed E-state index contributed by atoms with van der Waals surface area (Å²) in [6.07, 6.45) is 1.06. The van der Waals surface area contributed by atoms with E-state index in [1.807, 2.05) is 0 Å². The Labute approximate surface area is 147 Å². The van der Waals surface area contributed by atoms with Crippen LogP contribution in [0.3, 0.4) is 0 Å². The third kappa shape index (κ3) is 4.94. The van der Waals surface area contributed by atoms with Gasteiger partial charge in [-0.3, -0.25) is 4.31 Å². The Morgan fingerprint density at radius 1 is 1.00 bits per heavy atom. The van der Waals surface area contributed by atoms with E-state index in [2.05, 4.69) is 4.72 Å². The van der Waals surface area contributed by atoms with Crippen molar-refractivity contribution in [3.63, 3.8) is 0 Å². The Bertz CT molecular complexity index is 900. The Morgan fingerprint density at radius 2 is 1.67 bits per heavy atom. The van der Waals surface area contributed by atoms with Gasteiger partial charge in [-0.25, -0.2) is 21.6 Å². The predicted molar refractivity (Wildman–Crippen MR) is 95.3 cm³/mol. The topological polar surface area (TPSA) is 83.6 Å². The standard InChI is InChI=1S/C15H17ClN2O4S2/c1-23(19,20)18(14-7-5-6-13(16)12-14)11-10-17-24(21,22)15-8-3-2-4-9-15/h2-9,12,17H,10-11H2,1H3. The lowest BCUT2D eigenvalue weighted by Gasteiger charge is -2.22. The highest BCUT2D eigenvalue weighted by atomic mass is 35.5. The maximum absolute atomic E-state index is 12.2. The van der Waals surface area contributed by atoms with Gasteiger partial charge in [0.1, 0.15) is 0 Å². The summed E-state index contributed by atoms with van der Waals surface area (Å²) in [4.78, 5) is 0.124. The first kappa shape index (κ1) is 18.7. The summed E-state index contributed by atoms with van der Waals surface area (Å²) >= 11 is 5.89. The highest BCUT2D eigenvalue weighted by Crippen LogP contribution is 2.21. The number of nitrogens with zero attached hydrogens (tertiary/aromatic N) is 1. The Morgan fingerprint density at radius 3 is 2.25 bits per heavy atom. The molecule has 0 heterocycles. The lowest BCUT2D eigenvalue weighted by atomic mass is 10.3. The Hall–Kier alpha value is -1.61. The summed E-state index contributed by atoms with van der Waals surface area (Å²) in [7, 11) is -7.27. The summed E-state index contributed by atoms with van der Waals surface area (Å²) in [5.41, 5.74) is 0.379. The zero-order valence-electron chi connectivity index (χ0n) is 12.9. The van der Waals surface area contributed by atoms with Gasteiger partial charge in [-0.2, -0.15) is 0 Å². The van der Waals surface area contributed by atoms with Gasteiger partial charge in [0.05, 0.1) is 16.8 Å². The van der Waals surface area contributed by atoms with Gasteiger partial charge in [0, 0.05) is 18.1 Å². The van der Waals surface area contributed by atoms with Crippen LogP contribution in [0, 0.1) is 0 Å². The minimum absolute atomic E-state index is 0.0504. The van der Waals surface area contributed by atoms with Crippen molar-refractivity contribution in [3.8, 4) is 0 Å². The summed E-state index contributed by atoms with van der Waals surface area (Å²) in [6, 6.07) is 14.2. The molecule has 2 aromatic carbocycles. The number of rotatable bonds is 7. The van der Waals surface area contributed by atoms with Crippen LogP contribution >= 0.6 is 11.6 Å². The first-order valence-corrected chi connectivity index (χ1v) is 10.7. The van der Waals surface area contributed by atoms with E-state index in [-0.39, 0.29) is 18.0 Å². The van der Waals surface area contributed by atoms with Crippen LogP contribution in [-0.4, -0.2) is 36.2 Å². The quantitative estimate of drug-likeness (QED) is 0.787. The van der Waals surface area contributed by atoms with E-state index in [4.69, 9.17) is 11.6 Å². The number of nitrogens with one attached hydrogen (secondary N) is 1. The van der Waals surface area contributed by atoms with Crippen LogP contribution in [0.15, 0.2) is 59.5 Å². The molecule has 0 radical (unpaired) electrons. The van der Waals surface area contributed by atoms with Crippen molar-refractivity contribution in [2.75, 3.05) is 23.7 Å². The second-order valence-electron chi connectivity index (χ2n) is 5.03. The molecule has 130 valence electrons. The molecule has 0 aliphatic heterocycles. The molecule has 0 saturated heterocycles. The van der Waals surface area contributed by atoms with Crippen LogP contribution in [-0.2, 0) is 20.0 Å². The molecule has 0 bridgehead atoms.